The average Bonchev–Trinajstić information content (AvgIpc) is 2.30. The number of aromatic hydroxyl groups is 1. The highest BCUT2D eigenvalue weighted by Crippen LogP contribution is 2.23. The van der Waals surface area contributed by atoms with Crippen LogP contribution in [0, 0.1) is 0 Å². The van der Waals surface area contributed by atoms with Gasteiger partial charge in [-0.1, -0.05) is 12.1 Å². The van der Waals surface area contributed by atoms with E-state index in [4.69, 9.17) is 10.8 Å². The lowest BCUT2D eigenvalue weighted by Crippen LogP contribution is -2.33. The van der Waals surface area contributed by atoms with E-state index in [0.717, 1.165) is 0 Å². The molecule has 104 valence electrons. The van der Waals surface area contributed by atoms with Crippen LogP contribution in [0.25, 0.3) is 0 Å². The molecule has 0 fully saturated rings. The Kier molecular flexibility index (Phi) is 4.88. The summed E-state index contributed by atoms with van der Waals surface area (Å²) in [4.78, 5) is 22.5. The van der Waals surface area contributed by atoms with Crippen molar-refractivity contribution in [3.05, 3.63) is 29.3 Å². The summed E-state index contributed by atoms with van der Waals surface area (Å²) in [5.74, 6) is -1.79. The first-order valence-corrected chi connectivity index (χ1v) is 5.93. The monoisotopic (exact) mass is 266 g/mol. The lowest BCUT2D eigenvalue weighted by Gasteiger charge is -2.13. The first-order chi connectivity index (χ1) is 8.82. The second kappa shape index (κ2) is 6.19. The molecule has 0 aliphatic carbocycles. The van der Waals surface area contributed by atoms with E-state index >= 15 is 0 Å². The third-order valence-corrected chi connectivity index (χ3v) is 2.54. The summed E-state index contributed by atoms with van der Waals surface area (Å²) >= 11 is 0. The Labute approximate surface area is 111 Å². The summed E-state index contributed by atoms with van der Waals surface area (Å²) in [6.45, 7) is 3.61. The van der Waals surface area contributed by atoms with Crippen LogP contribution in [0.5, 0.6) is 5.75 Å². The molecule has 6 nitrogen and oxygen atoms in total. The molecule has 19 heavy (non-hydrogen) atoms. The van der Waals surface area contributed by atoms with Crippen molar-refractivity contribution in [1.29, 1.82) is 0 Å². The Balaban J connectivity index is 2.98. The van der Waals surface area contributed by atoms with Crippen LogP contribution in [-0.4, -0.2) is 34.2 Å². The maximum absolute atomic E-state index is 11.8. The minimum Gasteiger partial charge on any atom is -0.507 e. The number of phenolic OH excluding ortho intramolecular Hbond substituents is 1. The molecule has 5 N–H and O–H groups in total. The number of carboxylic acid groups (broad SMARTS) is 1. The quantitative estimate of drug-likeness (QED) is 0.619. The van der Waals surface area contributed by atoms with Crippen LogP contribution < -0.4 is 11.1 Å². The number of carboxylic acids is 1. The van der Waals surface area contributed by atoms with Crippen molar-refractivity contribution in [2.75, 3.05) is 0 Å². The number of rotatable bonds is 5. The summed E-state index contributed by atoms with van der Waals surface area (Å²) in [6.07, 6.45) is -0.0377. The van der Waals surface area contributed by atoms with Gasteiger partial charge in [-0.15, -0.1) is 0 Å². The zero-order valence-corrected chi connectivity index (χ0v) is 10.9. The van der Waals surface area contributed by atoms with Gasteiger partial charge >= 0.3 is 5.97 Å². The fraction of sp³-hybridized carbons (Fsp3) is 0.385. The van der Waals surface area contributed by atoms with Crippen molar-refractivity contribution in [3.8, 4) is 5.75 Å². The van der Waals surface area contributed by atoms with Crippen LogP contribution >= 0.6 is 0 Å². The molecule has 0 aromatic heterocycles. The number of carbonyl (C=O) groups excluding carboxylic acids is 1. The zero-order valence-electron chi connectivity index (χ0n) is 10.9. The molecule has 0 radical (unpaired) electrons. The fourth-order valence-corrected chi connectivity index (χ4v) is 1.60. The van der Waals surface area contributed by atoms with Crippen LogP contribution in [-0.2, 0) is 11.2 Å². The predicted octanol–water partition coefficient (Wildman–Crippen LogP) is 0.485. The average molecular weight is 266 g/mol. The summed E-state index contributed by atoms with van der Waals surface area (Å²) in [5.41, 5.74) is 5.87. The summed E-state index contributed by atoms with van der Waals surface area (Å²) in [6, 6.07) is 3.43. The highest BCUT2D eigenvalue weighted by Gasteiger charge is 2.18. The number of nitrogens with two attached hydrogens (primary N) is 1. The van der Waals surface area contributed by atoms with Gasteiger partial charge in [0.15, 0.2) is 0 Å². The van der Waals surface area contributed by atoms with Crippen molar-refractivity contribution in [2.45, 2.75) is 32.4 Å². The van der Waals surface area contributed by atoms with Crippen molar-refractivity contribution in [3.63, 3.8) is 0 Å². The lowest BCUT2D eigenvalue weighted by molar-refractivity contribution is -0.138. The largest absolute Gasteiger partial charge is 0.507 e. The summed E-state index contributed by atoms with van der Waals surface area (Å²) in [7, 11) is 0. The van der Waals surface area contributed by atoms with E-state index in [9.17, 15) is 14.7 Å². The summed E-state index contributed by atoms with van der Waals surface area (Å²) < 4.78 is 0. The van der Waals surface area contributed by atoms with Gasteiger partial charge in [0, 0.05) is 12.5 Å². The Morgan fingerprint density at radius 2 is 2.00 bits per heavy atom. The maximum Gasteiger partial charge on any atom is 0.320 e. The van der Waals surface area contributed by atoms with Crippen LogP contribution in [0.1, 0.15) is 29.8 Å². The third-order valence-electron chi connectivity index (χ3n) is 2.54. The number of para-hydroxylation sites is 1. The van der Waals surface area contributed by atoms with Gasteiger partial charge in [-0.25, -0.2) is 0 Å². The molecule has 0 aliphatic rings. The van der Waals surface area contributed by atoms with E-state index in [1.165, 1.54) is 6.07 Å². The van der Waals surface area contributed by atoms with Gasteiger partial charge in [0.25, 0.3) is 5.91 Å². The lowest BCUT2D eigenvalue weighted by atomic mass is 10.0. The number of hydrogen-bond acceptors (Lipinski definition) is 4. The first-order valence-electron chi connectivity index (χ1n) is 5.93. The van der Waals surface area contributed by atoms with Gasteiger partial charge in [-0.05, 0) is 25.5 Å². The normalized spacial score (nSPS) is 12.2. The van der Waals surface area contributed by atoms with E-state index in [1.807, 2.05) is 0 Å². The van der Waals surface area contributed by atoms with Crippen LogP contribution in [0.3, 0.4) is 0 Å². The fourth-order valence-electron chi connectivity index (χ4n) is 1.60. The molecule has 1 aromatic rings. The zero-order chi connectivity index (χ0) is 14.6. The van der Waals surface area contributed by atoms with Crippen LogP contribution in [0.2, 0.25) is 0 Å². The second-order valence-electron chi connectivity index (χ2n) is 4.59. The minimum absolute atomic E-state index is 0.0377. The maximum atomic E-state index is 11.8. The number of carbonyl (C=O) groups is 2. The number of phenols is 1. The van der Waals surface area contributed by atoms with Gasteiger partial charge in [-0.2, -0.15) is 0 Å². The van der Waals surface area contributed by atoms with Crippen LogP contribution in [0.4, 0.5) is 0 Å². The molecule has 1 rings (SSSR count). The Morgan fingerprint density at radius 1 is 1.37 bits per heavy atom. The topological polar surface area (TPSA) is 113 Å². The molecule has 1 aromatic carbocycles. The van der Waals surface area contributed by atoms with Gasteiger partial charge in [0.2, 0.25) is 0 Å². The molecule has 0 aliphatic heterocycles. The van der Waals surface area contributed by atoms with Crippen molar-refractivity contribution >= 4 is 11.9 Å². The first kappa shape index (κ1) is 15.0. The SMILES string of the molecule is CC(C)NC(=O)c1cccc(CC(N)C(=O)O)c1O. The van der Waals surface area contributed by atoms with Gasteiger partial charge in [0.05, 0.1) is 5.56 Å². The molecule has 0 spiro atoms. The van der Waals surface area contributed by atoms with Crippen molar-refractivity contribution in [2.24, 2.45) is 5.73 Å². The molecule has 6 heteroatoms. The van der Waals surface area contributed by atoms with E-state index in [0.29, 0.717) is 5.56 Å². The number of aliphatic carboxylic acids is 1. The molecule has 1 unspecified atom stereocenters. The number of amides is 1. The molecule has 0 heterocycles. The summed E-state index contributed by atoms with van der Waals surface area (Å²) in [5, 5.41) is 21.4. The van der Waals surface area contributed by atoms with Crippen LogP contribution in [0.15, 0.2) is 18.2 Å². The number of nitrogens with one attached hydrogen (secondary N) is 1. The van der Waals surface area contributed by atoms with Crippen molar-refractivity contribution < 1.29 is 19.8 Å². The highest BCUT2D eigenvalue weighted by atomic mass is 16.4. The Bertz CT molecular complexity index is 486. The second-order valence-corrected chi connectivity index (χ2v) is 4.59. The smallest absolute Gasteiger partial charge is 0.320 e. The Hall–Kier alpha value is -2.08. The standard InChI is InChI=1S/C13H18N2O4/c1-7(2)15-12(17)9-5-3-4-8(11(9)16)6-10(14)13(18)19/h3-5,7,10,16H,6,14H2,1-2H3,(H,15,17)(H,18,19). The van der Waals surface area contributed by atoms with Crippen molar-refractivity contribution in [1.82, 2.24) is 5.32 Å². The Morgan fingerprint density at radius 3 is 2.53 bits per heavy atom. The number of hydrogen-bond donors (Lipinski definition) is 4. The molecule has 0 saturated heterocycles. The van der Waals surface area contributed by atoms with E-state index in [-0.39, 0.29) is 23.8 Å². The molecular weight excluding hydrogens is 248 g/mol. The van der Waals surface area contributed by atoms with Gasteiger partial charge in [-0.3, -0.25) is 9.59 Å². The minimum atomic E-state index is -1.16. The molecule has 0 bridgehead atoms. The molecule has 1 amide bonds. The number of benzene rings is 1. The van der Waals surface area contributed by atoms with E-state index < -0.39 is 17.9 Å². The predicted molar refractivity (Wildman–Crippen MR) is 70.0 cm³/mol. The third kappa shape index (κ3) is 3.96. The van der Waals surface area contributed by atoms with E-state index in [1.54, 1.807) is 26.0 Å². The molecule has 0 saturated carbocycles. The van der Waals surface area contributed by atoms with Gasteiger partial charge < -0.3 is 21.3 Å². The van der Waals surface area contributed by atoms with E-state index in [2.05, 4.69) is 5.32 Å². The molecule has 1 atom stereocenters. The highest BCUT2D eigenvalue weighted by molar-refractivity contribution is 5.97. The molecular formula is C13H18N2O4. The van der Waals surface area contributed by atoms with Gasteiger partial charge in [0.1, 0.15) is 11.8 Å².